The van der Waals surface area contributed by atoms with Gasteiger partial charge in [0.15, 0.2) is 0 Å². The Bertz CT molecular complexity index is 1400. The zero-order valence-electron chi connectivity index (χ0n) is 19.3. The zero-order chi connectivity index (χ0) is 24.4. The summed E-state index contributed by atoms with van der Waals surface area (Å²) in [6.07, 6.45) is 6.93. The molecule has 2 amide bonds. The van der Waals surface area contributed by atoms with E-state index in [1.807, 2.05) is 75.8 Å². The number of aromatic nitrogens is 2. The quantitative estimate of drug-likeness (QED) is 0.566. The number of carbonyl (C=O) groups is 2. The third-order valence-corrected chi connectivity index (χ3v) is 6.33. The van der Waals surface area contributed by atoms with Gasteiger partial charge in [-0.25, -0.2) is 4.99 Å². The SMILES string of the molecule is CC1=NC(=O)C=CC1c1cc(Cn2ccn(C)c2=N)cc(C(=O)NCc2ccc(Cl)c(C)c2)c1. The summed E-state index contributed by atoms with van der Waals surface area (Å²) in [5.41, 5.74) is 5.22. The van der Waals surface area contributed by atoms with Gasteiger partial charge < -0.3 is 14.5 Å². The first kappa shape index (κ1) is 23.4. The summed E-state index contributed by atoms with van der Waals surface area (Å²) in [6.45, 7) is 4.56. The number of nitrogens with one attached hydrogen (secondary N) is 2. The van der Waals surface area contributed by atoms with Crippen LogP contribution >= 0.6 is 11.6 Å². The number of dihydropyridines is 1. The standard InChI is InChI=1S/C26H26ClN5O2/c1-16-10-18(4-6-23(16)27)14-29-25(34)21-12-19(15-32-9-8-31(3)26(32)28)11-20(13-21)22-5-7-24(33)30-17(22)2/h4-13,22,28H,14-15H2,1-3H3,(H,29,34). The van der Waals surface area contributed by atoms with Gasteiger partial charge in [-0.3, -0.25) is 15.0 Å². The summed E-state index contributed by atoms with van der Waals surface area (Å²) in [7, 11) is 1.82. The van der Waals surface area contributed by atoms with Gasteiger partial charge in [0.1, 0.15) is 0 Å². The molecule has 174 valence electrons. The van der Waals surface area contributed by atoms with Crippen LogP contribution in [0.1, 0.15) is 45.5 Å². The van der Waals surface area contributed by atoms with Crippen molar-refractivity contribution in [2.24, 2.45) is 12.0 Å². The molecule has 7 nitrogen and oxygen atoms in total. The van der Waals surface area contributed by atoms with Gasteiger partial charge in [0.2, 0.25) is 5.62 Å². The van der Waals surface area contributed by atoms with E-state index in [0.29, 0.717) is 35.0 Å². The summed E-state index contributed by atoms with van der Waals surface area (Å²) in [4.78, 5) is 28.9. The van der Waals surface area contributed by atoms with Crippen molar-refractivity contribution in [3.63, 3.8) is 0 Å². The molecule has 1 atom stereocenters. The van der Waals surface area contributed by atoms with Gasteiger partial charge in [0.05, 0.1) is 6.54 Å². The van der Waals surface area contributed by atoms with Gasteiger partial charge in [-0.1, -0.05) is 35.9 Å². The molecule has 0 saturated heterocycles. The second-order valence-electron chi connectivity index (χ2n) is 8.52. The van der Waals surface area contributed by atoms with Crippen molar-refractivity contribution in [2.45, 2.75) is 32.9 Å². The summed E-state index contributed by atoms with van der Waals surface area (Å²) in [5.74, 6) is -0.676. The molecule has 8 heteroatoms. The van der Waals surface area contributed by atoms with Crippen LogP contribution in [0.2, 0.25) is 5.02 Å². The van der Waals surface area contributed by atoms with Crippen molar-refractivity contribution in [1.29, 1.82) is 5.41 Å². The number of hydrogen-bond donors (Lipinski definition) is 2. The van der Waals surface area contributed by atoms with E-state index < -0.39 is 0 Å². The normalized spacial score (nSPS) is 15.4. The molecule has 34 heavy (non-hydrogen) atoms. The van der Waals surface area contributed by atoms with Crippen molar-refractivity contribution in [3.05, 3.63) is 99.4 Å². The maximum Gasteiger partial charge on any atom is 0.269 e. The van der Waals surface area contributed by atoms with Gasteiger partial charge in [-0.05, 0) is 54.3 Å². The fraction of sp³-hybridized carbons (Fsp3) is 0.231. The van der Waals surface area contributed by atoms with Crippen LogP contribution in [-0.2, 0) is 24.9 Å². The molecule has 0 radical (unpaired) electrons. The number of benzene rings is 2. The van der Waals surface area contributed by atoms with Crippen molar-refractivity contribution in [1.82, 2.24) is 14.5 Å². The number of aryl methyl sites for hydroxylation is 2. The molecule has 0 fully saturated rings. The molecule has 4 rings (SSSR count). The van der Waals surface area contributed by atoms with Crippen LogP contribution in [0.25, 0.3) is 0 Å². The highest BCUT2D eigenvalue weighted by molar-refractivity contribution is 6.31. The monoisotopic (exact) mass is 475 g/mol. The second-order valence-corrected chi connectivity index (χ2v) is 8.93. The average Bonchev–Trinajstić information content (AvgIpc) is 3.11. The Morgan fingerprint density at radius 2 is 1.94 bits per heavy atom. The van der Waals surface area contributed by atoms with Gasteiger partial charge in [-0.15, -0.1) is 0 Å². The minimum Gasteiger partial charge on any atom is -0.348 e. The minimum atomic E-state index is -0.278. The lowest BCUT2D eigenvalue weighted by atomic mass is 9.90. The summed E-state index contributed by atoms with van der Waals surface area (Å²) in [5, 5.41) is 11.9. The molecule has 0 aliphatic carbocycles. The van der Waals surface area contributed by atoms with E-state index in [1.54, 1.807) is 9.13 Å². The van der Waals surface area contributed by atoms with Crippen LogP contribution in [0, 0.1) is 12.3 Å². The van der Waals surface area contributed by atoms with Gasteiger partial charge in [-0.2, -0.15) is 0 Å². The third-order valence-electron chi connectivity index (χ3n) is 5.91. The largest absolute Gasteiger partial charge is 0.348 e. The molecule has 0 bridgehead atoms. The molecular weight excluding hydrogens is 450 g/mol. The predicted octanol–water partition coefficient (Wildman–Crippen LogP) is 3.89. The van der Waals surface area contributed by atoms with Crippen molar-refractivity contribution in [3.8, 4) is 0 Å². The molecule has 2 heterocycles. The number of aliphatic imine (C=N–C) groups is 1. The molecule has 1 aliphatic rings. The van der Waals surface area contributed by atoms with Crippen LogP contribution in [0.15, 0.2) is 65.9 Å². The van der Waals surface area contributed by atoms with Gasteiger partial charge in [0.25, 0.3) is 11.8 Å². The Morgan fingerprint density at radius 3 is 2.62 bits per heavy atom. The lowest BCUT2D eigenvalue weighted by molar-refractivity contribution is -0.113. The zero-order valence-corrected chi connectivity index (χ0v) is 20.1. The highest BCUT2D eigenvalue weighted by atomic mass is 35.5. The van der Waals surface area contributed by atoms with E-state index in [-0.39, 0.29) is 17.7 Å². The number of imidazole rings is 1. The Labute approximate surface area is 202 Å². The Morgan fingerprint density at radius 1 is 1.15 bits per heavy atom. The Balaban J connectivity index is 1.65. The van der Waals surface area contributed by atoms with Crippen LogP contribution in [0.5, 0.6) is 0 Å². The number of hydrogen-bond acceptors (Lipinski definition) is 3. The van der Waals surface area contributed by atoms with Crippen LogP contribution in [0.4, 0.5) is 0 Å². The number of carbonyl (C=O) groups excluding carboxylic acids is 2. The van der Waals surface area contributed by atoms with Crippen molar-refractivity contribution in [2.75, 3.05) is 0 Å². The maximum absolute atomic E-state index is 13.1. The average molecular weight is 476 g/mol. The van der Waals surface area contributed by atoms with E-state index in [0.717, 1.165) is 22.3 Å². The topological polar surface area (TPSA) is 92.2 Å². The van der Waals surface area contributed by atoms with E-state index in [9.17, 15) is 9.59 Å². The summed E-state index contributed by atoms with van der Waals surface area (Å²) >= 11 is 6.11. The van der Waals surface area contributed by atoms with Crippen LogP contribution in [0.3, 0.4) is 0 Å². The Kier molecular flexibility index (Phi) is 6.65. The number of amides is 2. The van der Waals surface area contributed by atoms with Crippen LogP contribution in [-0.4, -0.2) is 26.7 Å². The molecule has 1 aliphatic heterocycles. The van der Waals surface area contributed by atoms with E-state index in [2.05, 4.69) is 10.3 Å². The van der Waals surface area contributed by atoms with Gasteiger partial charge >= 0.3 is 0 Å². The van der Waals surface area contributed by atoms with E-state index in [1.165, 1.54) is 6.08 Å². The molecule has 1 unspecified atom stereocenters. The first-order chi connectivity index (χ1) is 16.2. The summed E-state index contributed by atoms with van der Waals surface area (Å²) < 4.78 is 3.52. The minimum absolute atomic E-state index is 0.195. The highest BCUT2D eigenvalue weighted by Crippen LogP contribution is 2.25. The first-order valence-corrected chi connectivity index (χ1v) is 11.3. The number of rotatable bonds is 6. The van der Waals surface area contributed by atoms with E-state index in [4.69, 9.17) is 17.0 Å². The van der Waals surface area contributed by atoms with Crippen molar-refractivity contribution < 1.29 is 9.59 Å². The lowest BCUT2D eigenvalue weighted by Gasteiger charge is -2.18. The predicted molar refractivity (Wildman–Crippen MR) is 132 cm³/mol. The lowest BCUT2D eigenvalue weighted by Crippen LogP contribution is -2.25. The third kappa shape index (κ3) is 5.10. The molecule has 1 aromatic heterocycles. The summed E-state index contributed by atoms with van der Waals surface area (Å²) in [6, 6.07) is 11.4. The molecule has 3 aromatic rings. The molecular formula is C26H26ClN5O2. The molecule has 2 aromatic carbocycles. The number of allylic oxidation sites excluding steroid dienone is 1. The molecule has 0 saturated carbocycles. The fourth-order valence-corrected chi connectivity index (χ4v) is 4.14. The first-order valence-electron chi connectivity index (χ1n) is 10.9. The number of halogens is 1. The maximum atomic E-state index is 13.1. The number of nitrogens with zero attached hydrogens (tertiary/aromatic N) is 3. The molecule has 2 N–H and O–H groups in total. The second kappa shape index (κ2) is 9.65. The highest BCUT2D eigenvalue weighted by Gasteiger charge is 2.20. The van der Waals surface area contributed by atoms with Crippen molar-refractivity contribution >= 4 is 29.1 Å². The smallest absolute Gasteiger partial charge is 0.269 e. The fourth-order valence-electron chi connectivity index (χ4n) is 4.02. The van der Waals surface area contributed by atoms with E-state index >= 15 is 0 Å². The molecule has 0 spiro atoms. The van der Waals surface area contributed by atoms with Gasteiger partial charge in [0, 0.05) is 54.3 Å². The van der Waals surface area contributed by atoms with Crippen LogP contribution < -0.4 is 10.9 Å². The Hall–Kier alpha value is -3.71.